The van der Waals surface area contributed by atoms with E-state index >= 15 is 0 Å². The van der Waals surface area contributed by atoms with Crippen molar-refractivity contribution in [2.24, 2.45) is 0 Å². The van der Waals surface area contributed by atoms with E-state index < -0.39 is 0 Å². The second-order valence-corrected chi connectivity index (χ2v) is 2.57. The van der Waals surface area contributed by atoms with Gasteiger partial charge in [0.15, 0.2) is 0 Å². The molecule has 0 aromatic rings. The smallest absolute Gasteiger partial charge is 0.0207 e. The molecule has 11 heavy (non-hydrogen) atoms. The first-order chi connectivity index (χ1) is 5.13. The topological polar surface area (TPSA) is 0 Å². The zero-order valence-electron chi connectivity index (χ0n) is 7.65. The minimum atomic E-state index is 1.08. The van der Waals surface area contributed by atoms with E-state index in [-0.39, 0.29) is 0 Å². The molecule has 0 heterocycles. The van der Waals surface area contributed by atoms with Gasteiger partial charge in [0.05, 0.1) is 0 Å². The summed E-state index contributed by atoms with van der Waals surface area (Å²) in [4.78, 5) is 0. The van der Waals surface area contributed by atoms with Gasteiger partial charge in [-0.1, -0.05) is 37.0 Å². The van der Waals surface area contributed by atoms with E-state index in [0.29, 0.717) is 0 Å². The molecular formula is C11H16. The Morgan fingerprint density at radius 1 is 1.27 bits per heavy atom. The van der Waals surface area contributed by atoms with Crippen molar-refractivity contribution in [3.8, 4) is 0 Å². The van der Waals surface area contributed by atoms with Crippen LogP contribution in [-0.4, -0.2) is 0 Å². The van der Waals surface area contributed by atoms with Gasteiger partial charge in [0.1, 0.15) is 0 Å². The van der Waals surface area contributed by atoms with Gasteiger partial charge in [0.25, 0.3) is 0 Å². The van der Waals surface area contributed by atoms with Crippen LogP contribution < -0.4 is 0 Å². The lowest BCUT2D eigenvalue weighted by Crippen LogP contribution is -1.85. The maximum atomic E-state index is 3.89. The molecule has 0 bridgehead atoms. The van der Waals surface area contributed by atoms with Gasteiger partial charge in [0, 0.05) is 0 Å². The molecule has 0 N–H and O–H groups in total. The average Bonchev–Trinajstić information content (AvgIpc) is 1.98. The van der Waals surface area contributed by atoms with Gasteiger partial charge >= 0.3 is 0 Å². The van der Waals surface area contributed by atoms with Crippen LogP contribution in [0.2, 0.25) is 0 Å². The summed E-state index contributed by atoms with van der Waals surface area (Å²) in [5.41, 5.74) is 3.51. The van der Waals surface area contributed by atoms with Crippen molar-refractivity contribution in [1.29, 1.82) is 0 Å². The maximum Gasteiger partial charge on any atom is -0.0207 e. The van der Waals surface area contributed by atoms with E-state index in [9.17, 15) is 0 Å². The average molecular weight is 148 g/mol. The molecule has 0 saturated carbocycles. The first-order valence-corrected chi connectivity index (χ1v) is 3.75. The third-order valence-corrected chi connectivity index (χ3v) is 1.60. The molecule has 0 aromatic carbocycles. The zero-order valence-corrected chi connectivity index (χ0v) is 7.65. The van der Waals surface area contributed by atoms with Crippen LogP contribution in [0.1, 0.15) is 20.8 Å². The molecule has 0 aromatic heterocycles. The molecule has 0 unspecified atom stereocenters. The molecule has 0 saturated heterocycles. The summed E-state index contributed by atoms with van der Waals surface area (Å²) in [5.74, 6) is 0. The molecule has 0 aliphatic heterocycles. The van der Waals surface area contributed by atoms with Crippen LogP contribution in [0.15, 0.2) is 48.1 Å². The SMILES string of the molecule is C=C/C=C(C(=C)C)/C(C)=C\C. The Kier molecular flexibility index (Phi) is 4.28. The summed E-state index contributed by atoms with van der Waals surface area (Å²) in [6.45, 7) is 13.6. The number of hydrogen-bond acceptors (Lipinski definition) is 0. The fourth-order valence-corrected chi connectivity index (χ4v) is 0.884. The molecule has 0 fully saturated rings. The Bertz CT molecular complexity index is 214. The summed E-state index contributed by atoms with van der Waals surface area (Å²) in [6.07, 6.45) is 5.85. The predicted molar refractivity (Wildman–Crippen MR) is 52.5 cm³/mol. The Hall–Kier alpha value is -1.04. The van der Waals surface area contributed by atoms with E-state index in [0.717, 1.165) is 5.57 Å². The van der Waals surface area contributed by atoms with Gasteiger partial charge in [0.2, 0.25) is 0 Å². The van der Waals surface area contributed by atoms with Crippen LogP contribution in [0, 0.1) is 0 Å². The van der Waals surface area contributed by atoms with Crippen LogP contribution in [0.5, 0.6) is 0 Å². The molecule has 0 aliphatic carbocycles. The van der Waals surface area contributed by atoms with Crippen molar-refractivity contribution in [3.05, 3.63) is 48.1 Å². The third kappa shape index (κ3) is 3.03. The standard InChI is InChI=1S/C11H16/c1-6-8-11(9(3)4)10(5)7-2/h6-8H,1,3H2,2,4-5H3/b10-7-,11-8+. The lowest BCUT2D eigenvalue weighted by atomic mass is 10.0. The quantitative estimate of drug-likeness (QED) is 0.536. The fourth-order valence-electron chi connectivity index (χ4n) is 0.884. The van der Waals surface area contributed by atoms with E-state index in [2.05, 4.69) is 26.2 Å². The summed E-state index contributed by atoms with van der Waals surface area (Å²) in [7, 11) is 0. The molecule has 0 nitrogen and oxygen atoms in total. The Balaban J connectivity index is 4.76. The van der Waals surface area contributed by atoms with Crippen LogP contribution in [0.3, 0.4) is 0 Å². The van der Waals surface area contributed by atoms with E-state index in [1.54, 1.807) is 6.08 Å². The summed E-state index contributed by atoms with van der Waals surface area (Å²) < 4.78 is 0. The van der Waals surface area contributed by atoms with Crippen molar-refractivity contribution >= 4 is 0 Å². The highest BCUT2D eigenvalue weighted by atomic mass is 14.0. The van der Waals surface area contributed by atoms with Crippen LogP contribution in [0.25, 0.3) is 0 Å². The lowest BCUT2D eigenvalue weighted by molar-refractivity contribution is 1.32. The highest BCUT2D eigenvalue weighted by molar-refractivity contribution is 5.44. The summed E-state index contributed by atoms with van der Waals surface area (Å²) in [6, 6.07) is 0. The first kappa shape index (κ1) is 9.96. The van der Waals surface area contributed by atoms with Gasteiger partial charge < -0.3 is 0 Å². The number of rotatable bonds is 3. The zero-order chi connectivity index (χ0) is 8.85. The Morgan fingerprint density at radius 2 is 1.82 bits per heavy atom. The maximum absolute atomic E-state index is 3.89. The van der Waals surface area contributed by atoms with Gasteiger partial charge in [-0.3, -0.25) is 0 Å². The van der Waals surface area contributed by atoms with E-state index in [1.165, 1.54) is 11.1 Å². The number of allylic oxidation sites excluding steroid dienone is 6. The normalized spacial score (nSPS) is 13.0. The molecule has 0 atom stereocenters. The minimum absolute atomic E-state index is 1.08. The molecule has 0 radical (unpaired) electrons. The van der Waals surface area contributed by atoms with E-state index in [4.69, 9.17) is 0 Å². The molecule has 0 spiro atoms. The third-order valence-electron chi connectivity index (χ3n) is 1.60. The summed E-state index contributed by atoms with van der Waals surface area (Å²) >= 11 is 0. The first-order valence-electron chi connectivity index (χ1n) is 3.75. The Labute approximate surface area is 69.6 Å². The van der Waals surface area contributed by atoms with Crippen molar-refractivity contribution in [2.45, 2.75) is 20.8 Å². The van der Waals surface area contributed by atoms with Crippen molar-refractivity contribution in [1.82, 2.24) is 0 Å². The molecule has 0 rings (SSSR count). The van der Waals surface area contributed by atoms with Gasteiger partial charge in [-0.05, 0) is 31.9 Å². The second kappa shape index (κ2) is 4.73. The predicted octanol–water partition coefficient (Wildman–Crippen LogP) is 3.64. The van der Waals surface area contributed by atoms with Gasteiger partial charge in [-0.15, -0.1) is 0 Å². The molecule has 60 valence electrons. The highest BCUT2D eigenvalue weighted by Gasteiger charge is 1.96. The van der Waals surface area contributed by atoms with Crippen LogP contribution in [0.4, 0.5) is 0 Å². The monoisotopic (exact) mass is 148 g/mol. The van der Waals surface area contributed by atoms with Gasteiger partial charge in [-0.2, -0.15) is 0 Å². The summed E-state index contributed by atoms with van der Waals surface area (Å²) in [5, 5.41) is 0. The van der Waals surface area contributed by atoms with Crippen molar-refractivity contribution in [2.75, 3.05) is 0 Å². The largest absolute Gasteiger partial charge is 0.0990 e. The van der Waals surface area contributed by atoms with Crippen molar-refractivity contribution < 1.29 is 0 Å². The second-order valence-electron chi connectivity index (χ2n) is 2.57. The van der Waals surface area contributed by atoms with Crippen LogP contribution >= 0.6 is 0 Å². The van der Waals surface area contributed by atoms with Crippen LogP contribution in [-0.2, 0) is 0 Å². The molecular weight excluding hydrogens is 132 g/mol. The van der Waals surface area contributed by atoms with E-state index in [1.807, 2.05) is 19.9 Å². The lowest BCUT2D eigenvalue weighted by Gasteiger charge is -2.04. The number of hydrogen-bond donors (Lipinski definition) is 0. The highest BCUT2D eigenvalue weighted by Crippen LogP contribution is 2.16. The minimum Gasteiger partial charge on any atom is -0.0990 e. The molecule has 0 amide bonds. The fraction of sp³-hybridized carbons (Fsp3) is 0.273. The molecule has 0 aliphatic rings. The molecule has 0 heteroatoms. The van der Waals surface area contributed by atoms with Crippen molar-refractivity contribution in [3.63, 3.8) is 0 Å². The van der Waals surface area contributed by atoms with Gasteiger partial charge in [-0.25, -0.2) is 0 Å². The Morgan fingerprint density at radius 3 is 2.09 bits per heavy atom.